The number of hydrogen-bond acceptors (Lipinski definition) is 4. The number of esters is 1. The van der Waals surface area contributed by atoms with E-state index in [9.17, 15) is 4.79 Å². The zero-order valence-electron chi connectivity index (χ0n) is 8.40. The predicted molar refractivity (Wildman–Crippen MR) is 56.0 cm³/mol. The number of rotatable bonds is 5. The summed E-state index contributed by atoms with van der Waals surface area (Å²) in [7, 11) is 1.37. The SMILES string of the molecule is COC(=O)CCCOc1cncc(Cl)c1. The van der Waals surface area contributed by atoms with Gasteiger partial charge in [-0.25, -0.2) is 0 Å². The van der Waals surface area contributed by atoms with E-state index in [1.807, 2.05) is 0 Å². The van der Waals surface area contributed by atoms with Crippen molar-refractivity contribution in [1.82, 2.24) is 4.98 Å². The van der Waals surface area contributed by atoms with Crippen molar-refractivity contribution in [1.29, 1.82) is 0 Å². The van der Waals surface area contributed by atoms with E-state index >= 15 is 0 Å². The predicted octanol–water partition coefficient (Wildman–Crippen LogP) is 2.07. The monoisotopic (exact) mass is 229 g/mol. The molecule has 1 aromatic heterocycles. The smallest absolute Gasteiger partial charge is 0.305 e. The minimum absolute atomic E-state index is 0.234. The fraction of sp³-hybridized carbons (Fsp3) is 0.400. The average Bonchev–Trinajstić information content (AvgIpc) is 2.24. The molecule has 0 aliphatic carbocycles. The molecule has 82 valence electrons. The van der Waals surface area contributed by atoms with Gasteiger partial charge in [-0.2, -0.15) is 0 Å². The maximum absolute atomic E-state index is 10.8. The summed E-state index contributed by atoms with van der Waals surface area (Å²) >= 11 is 5.71. The zero-order chi connectivity index (χ0) is 11.1. The van der Waals surface area contributed by atoms with Gasteiger partial charge in [-0.1, -0.05) is 11.6 Å². The third-order valence-corrected chi connectivity index (χ3v) is 1.91. The Balaban J connectivity index is 2.23. The maximum Gasteiger partial charge on any atom is 0.305 e. The average molecular weight is 230 g/mol. The molecule has 0 amide bonds. The zero-order valence-corrected chi connectivity index (χ0v) is 9.16. The second-order valence-corrected chi connectivity index (χ2v) is 3.30. The van der Waals surface area contributed by atoms with Crippen LogP contribution in [0.1, 0.15) is 12.8 Å². The molecule has 5 heteroatoms. The Labute approximate surface area is 93.2 Å². The Hall–Kier alpha value is -1.29. The first-order valence-electron chi connectivity index (χ1n) is 4.52. The van der Waals surface area contributed by atoms with E-state index < -0.39 is 0 Å². The lowest BCUT2D eigenvalue weighted by Gasteiger charge is -2.04. The highest BCUT2D eigenvalue weighted by atomic mass is 35.5. The van der Waals surface area contributed by atoms with Crippen molar-refractivity contribution in [2.24, 2.45) is 0 Å². The highest BCUT2D eigenvalue weighted by Gasteiger charge is 2.00. The van der Waals surface area contributed by atoms with Crippen molar-refractivity contribution < 1.29 is 14.3 Å². The molecule has 1 rings (SSSR count). The van der Waals surface area contributed by atoms with E-state index in [0.717, 1.165) is 0 Å². The van der Waals surface area contributed by atoms with Crippen molar-refractivity contribution in [2.75, 3.05) is 13.7 Å². The van der Waals surface area contributed by atoms with Gasteiger partial charge in [0.1, 0.15) is 5.75 Å². The van der Waals surface area contributed by atoms with Crippen LogP contribution in [0.15, 0.2) is 18.5 Å². The molecule has 0 radical (unpaired) electrons. The van der Waals surface area contributed by atoms with Crippen molar-refractivity contribution in [3.05, 3.63) is 23.5 Å². The lowest BCUT2D eigenvalue weighted by molar-refractivity contribution is -0.140. The first kappa shape index (κ1) is 11.8. The van der Waals surface area contributed by atoms with Crippen LogP contribution >= 0.6 is 11.6 Å². The van der Waals surface area contributed by atoms with Crippen LogP contribution in [0.5, 0.6) is 5.75 Å². The molecule has 15 heavy (non-hydrogen) atoms. The van der Waals surface area contributed by atoms with Gasteiger partial charge in [-0.05, 0) is 6.42 Å². The van der Waals surface area contributed by atoms with Crippen LogP contribution in [-0.2, 0) is 9.53 Å². The minimum Gasteiger partial charge on any atom is -0.492 e. The molecule has 0 bridgehead atoms. The van der Waals surface area contributed by atoms with E-state index in [1.165, 1.54) is 13.3 Å². The minimum atomic E-state index is -0.234. The Bertz CT molecular complexity index is 330. The number of carbonyl (C=O) groups is 1. The molecule has 0 atom stereocenters. The summed E-state index contributed by atoms with van der Waals surface area (Å²) < 4.78 is 9.82. The van der Waals surface area contributed by atoms with Gasteiger partial charge >= 0.3 is 5.97 Å². The Morgan fingerprint density at radius 1 is 1.53 bits per heavy atom. The van der Waals surface area contributed by atoms with Crippen LogP contribution in [0.4, 0.5) is 0 Å². The molecule has 0 aliphatic heterocycles. The van der Waals surface area contributed by atoms with E-state index in [0.29, 0.717) is 30.2 Å². The van der Waals surface area contributed by atoms with Crippen molar-refractivity contribution in [3.8, 4) is 5.75 Å². The Morgan fingerprint density at radius 3 is 3.00 bits per heavy atom. The Morgan fingerprint density at radius 2 is 2.33 bits per heavy atom. The molecule has 0 aromatic carbocycles. The summed E-state index contributed by atoms with van der Waals surface area (Å²) in [6.07, 6.45) is 4.07. The molecule has 0 saturated heterocycles. The van der Waals surface area contributed by atoms with E-state index in [1.54, 1.807) is 12.3 Å². The Kier molecular flexibility index (Phi) is 4.90. The van der Waals surface area contributed by atoms with Crippen molar-refractivity contribution in [2.45, 2.75) is 12.8 Å². The lowest BCUT2D eigenvalue weighted by atomic mass is 10.3. The van der Waals surface area contributed by atoms with Gasteiger partial charge in [0.15, 0.2) is 0 Å². The normalized spacial score (nSPS) is 9.73. The number of hydrogen-bond donors (Lipinski definition) is 0. The number of carbonyl (C=O) groups excluding carboxylic acids is 1. The van der Waals surface area contributed by atoms with E-state index in [4.69, 9.17) is 16.3 Å². The lowest BCUT2D eigenvalue weighted by Crippen LogP contribution is -2.04. The van der Waals surface area contributed by atoms with Crippen molar-refractivity contribution >= 4 is 17.6 Å². The number of halogens is 1. The standard InChI is InChI=1S/C10H12ClNO3/c1-14-10(13)3-2-4-15-9-5-8(11)6-12-7-9/h5-7H,2-4H2,1H3. The van der Waals surface area contributed by atoms with Crippen LogP contribution in [0, 0.1) is 0 Å². The largest absolute Gasteiger partial charge is 0.492 e. The summed E-state index contributed by atoms with van der Waals surface area (Å²) in [6.45, 7) is 0.442. The van der Waals surface area contributed by atoms with Crippen LogP contribution in [0.3, 0.4) is 0 Å². The molecular weight excluding hydrogens is 218 g/mol. The first-order chi connectivity index (χ1) is 7.22. The molecule has 1 aromatic rings. The molecule has 0 aliphatic rings. The molecule has 0 spiro atoms. The quantitative estimate of drug-likeness (QED) is 0.573. The fourth-order valence-electron chi connectivity index (χ4n) is 0.980. The molecular formula is C10H12ClNO3. The highest BCUT2D eigenvalue weighted by molar-refractivity contribution is 6.30. The molecule has 4 nitrogen and oxygen atoms in total. The number of aromatic nitrogens is 1. The fourth-order valence-corrected chi connectivity index (χ4v) is 1.14. The number of ether oxygens (including phenoxy) is 2. The second kappa shape index (κ2) is 6.24. The molecule has 0 N–H and O–H groups in total. The van der Waals surface area contributed by atoms with E-state index in [-0.39, 0.29) is 5.97 Å². The van der Waals surface area contributed by atoms with Crippen LogP contribution in [0.25, 0.3) is 0 Å². The molecule has 0 fully saturated rings. The van der Waals surface area contributed by atoms with Gasteiger partial charge in [-0.3, -0.25) is 9.78 Å². The molecule has 1 heterocycles. The molecule has 0 unspecified atom stereocenters. The van der Waals surface area contributed by atoms with Crippen molar-refractivity contribution in [3.63, 3.8) is 0 Å². The number of pyridine rings is 1. The maximum atomic E-state index is 10.8. The first-order valence-corrected chi connectivity index (χ1v) is 4.90. The summed E-state index contributed by atoms with van der Waals surface area (Å²) in [4.78, 5) is 14.6. The van der Waals surface area contributed by atoms with Gasteiger partial charge in [0.2, 0.25) is 0 Å². The van der Waals surface area contributed by atoms with Crippen LogP contribution in [0.2, 0.25) is 5.02 Å². The van der Waals surface area contributed by atoms with Gasteiger partial charge in [0, 0.05) is 18.7 Å². The van der Waals surface area contributed by atoms with Crippen LogP contribution < -0.4 is 4.74 Å². The number of methoxy groups -OCH3 is 1. The molecule has 0 saturated carbocycles. The van der Waals surface area contributed by atoms with Crippen LogP contribution in [-0.4, -0.2) is 24.7 Å². The summed E-state index contributed by atoms with van der Waals surface area (Å²) in [6, 6.07) is 1.67. The van der Waals surface area contributed by atoms with E-state index in [2.05, 4.69) is 9.72 Å². The summed E-state index contributed by atoms with van der Waals surface area (Å²) in [5, 5.41) is 0.528. The third-order valence-electron chi connectivity index (χ3n) is 1.70. The summed E-state index contributed by atoms with van der Waals surface area (Å²) in [5.41, 5.74) is 0. The number of nitrogens with zero attached hydrogens (tertiary/aromatic N) is 1. The van der Waals surface area contributed by atoms with Gasteiger partial charge in [-0.15, -0.1) is 0 Å². The van der Waals surface area contributed by atoms with Gasteiger partial charge in [0.25, 0.3) is 0 Å². The topological polar surface area (TPSA) is 48.4 Å². The third kappa shape index (κ3) is 4.65. The van der Waals surface area contributed by atoms with Gasteiger partial charge in [0.05, 0.1) is 24.9 Å². The van der Waals surface area contributed by atoms with Gasteiger partial charge < -0.3 is 9.47 Å². The summed E-state index contributed by atoms with van der Waals surface area (Å²) in [5.74, 6) is 0.371. The highest BCUT2D eigenvalue weighted by Crippen LogP contribution is 2.15. The second-order valence-electron chi connectivity index (χ2n) is 2.87.